The van der Waals surface area contributed by atoms with E-state index in [2.05, 4.69) is 30.2 Å². The number of hydrogen-bond donors (Lipinski definition) is 4. The molecule has 0 aliphatic rings. The molecule has 244 valence electrons. The van der Waals surface area contributed by atoms with Gasteiger partial charge in [-0.1, -0.05) is 12.1 Å². The number of aryl methyl sites for hydroxylation is 1. The number of benzene rings is 2. The molecule has 2 aromatic carbocycles. The van der Waals surface area contributed by atoms with Gasteiger partial charge in [-0.15, -0.1) is 0 Å². The highest BCUT2D eigenvalue weighted by Gasteiger charge is 2.27. The molecule has 18 heteroatoms. The summed E-state index contributed by atoms with van der Waals surface area (Å²) in [5.41, 5.74) is 0.0613. The van der Waals surface area contributed by atoms with Crippen LogP contribution in [-0.2, 0) is 28.3 Å². The molecule has 0 bridgehead atoms. The molecule has 6 aromatic rings. The molecule has 0 aliphatic heterocycles. The lowest BCUT2D eigenvalue weighted by atomic mass is 10.0. The number of hydrogen-bond acceptors (Lipinski definition) is 9. The van der Waals surface area contributed by atoms with E-state index >= 15 is 8.78 Å². The zero-order chi connectivity index (χ0) is 34.2. The third-order valence-corrected chi connectivity index (χ3v) is 8.51. The first-order chi connectivity index (χ1) is 22.9. The van der Waals surface area contributed by atoms with Crippen LogP contribution < -0.4 is 15.6 Å². The van der Waals surface area contributed by atoms with E-state index in [-0.39, 0.29) is 12.0 Å². The van der Waals surface area contributed by atoms with Crippen molar-refractivity contribution in [2.45, 2.75) is 17.5 Å². The molecule has 15 nitrogen and oxygen atoms in total. The molecule has 48 heavy (non-hydrogen) atoms. The van der Waals surface area contributed by atoms with Gasteiger partial charge in [0.2, 0.25) is 0 Å². The number of pyridine rings is 1. The normalized spacial score (nSPS) is 12.1. The van der Waals surface area contributed by atoms with Gasteiger partial charge in [0.1, 0.15) is 23.2 Å². The Labute approximate surface area is 269 Å². The summed E-state index contributed by atoms with van der Waals surface area (Å²) >= 11 is 0. The van der Waals surface area contributed by atoms with E-state index in [1.54, 1.807) is 42.1 Å². The number of H-pyrrole nitrogens is 1. The molecule has 0 saturated carbocycles. The average Bonchev–Trinajstić information content (AvgIpc) is 3.63. The Kier molecular flexibility index (Phi) is 8.23. The molecule has 4 aromatic heterocycles. The molecule has 1 amide bonds. The predicted octanol–water partition coefficient (Wildman–Crippen LogP) is 2.41. The number of sulfonamides is 1. The number of aromatic amines is 1. The largest absolute Gasteiger partial charge is 0.480 e. The number of rotatable bonds is 10. The number of imidazole rings is 1. The minimum absolute atomic E-state index is 0.269. The zero-order valence-electron chi connectivity index (χ0n) is 24.6. The number of halogens is 2. The summed E-state index contributed by atoms with van der Waals surface area (Å²) in [5.74, 6) is -5.43. The predicted molar refractivity (Wildman–Crippen MR) is 166 cm³/mol. The molecule has 0 unspecified atom stereocenters. The molecule has 0 aliphatic carbocycles. The summed E-state index contributed by atoms with van der Waals surface area (Å²) in [6.45, 7) is 0. The summed E-state index contributed by atoms with van der Waals surface area (Å²) < 4.78 is 60.6. The molecular formula is C30H23F2N9O6S. The fraction of sp³-hybridized carbons (Fsp3) is 0.100. The van der Waals surface area contributed by atoms with Crippen LogP contribution in [0.1, 0.15) is 15.9 Å². The lowest BCUT2D eigenvalue weighted by Gasteiger charge is -2.16. The molecule has 4 heterocycles. The van der Waals surface area contributed by atoms with Crippen molar-refractivity contribution in [2.24, 2.45) is 7.05 Å². The van der Waals surface area contributed by atoms with Crippen molar-refractivity contribution in [1.29, 1.82) is 0 Å². The first-order valence-corrected chi connectivity index (χ1v) is 15.4. The van der Waals surface area contributed by atoms with Crippen LogP contribution >= 0.6 is 0 Å². The van der Waals surface area contributed by atoms with Crippen molar-refractivity contribution >= 4 is 38.8 Å². The van der Waals surface area contributed by atoms with E-state index in [1.165, 1.54) is 35.7 Å². The topological polar surface area (TPSA) is 207 Å². The highest BCUT2D eigenvalue weighted by atomic mass is 32.2. The summed E-state index contributed by atoms with van der Waals surface area (Å²) in [5, 5.41) is 11.4. The third-order valence-electron chi connectivity index (χ3n) is 7.21. The number of fused-ring (bicyclic) bond motifs is 1. The van der Waals surface area contributed by atoms with Crippen LogP contribution in [0.25, 0.3) is 28.2 Å². The zero-order valence-corrected chi connectivity index (χ0v) is 25.4. The number of nitrogens with zero attached hydrogens (tertiary/aromatic N) is 6. The van der Waals surface area contributed by atoms with Gasteiger partial charge in [-0.3, -0.25) is 19.0 Å². The molecule has 6 rings (SSSR count). The van der Waals surface area contributed by atoms with Gasteiger partial charge in [0, 0.05) is 37.6 Å². The minimum atomic E-state index is -4.41. The second kappa shape index (κ2) is 12.5. The Balaban J connectivity index is 1.15. The number of anilines is 1. The Bertz CT molecular complexity index is 2320. The van der Waals surface area contributed by atoms with E-state index in [1.807, 2.05) is 4.72 Å². The number of carboxylic acids is 1. The van der Waals surface area contributed by atoms with Crippen LogP contribution in [0.15, 0.2) is 89.3 Å². The summed E-state index contributed by atoms with van der Waals surface area (Å²) in [4.78, 5) is 56.4. The lowest BCUT2D eigenvalue weighted by molar-refractivity contribution is -0.139. The standard InChI is InChI=1S/C30H23F2N9O6S/c1-40-27-25(36-15-37-27)29(43)41(40)19-6-3-16(4-7-19)11-22(30(44)45)38-28(42)24-20(31)12-18(13-21(24)32)39-48(46,47)23-8-5-17(14-35-23)26-33-9-2-10-34-26/h2-10,12-15,22,39H,11H2,1H3,(H,36,37)(H,38,42)(H,44,45)/t22-/m0/s1. The van der Waals surface area contributed by atoms with E-state index in [0.717, 1.165) is 6.07 Å². The van der Waals surface area contributed by atoms with Crippen molar-refractivity contribution in [3.8, 4) is 17.1 Å². The van der Waals surface area contributed by atoms with Crippen molar-refractivity contribution < 1.29 is 31.9 Å². The molecule has 0 saturated heterocycles. The first-order valence-electron chi connectivity index (χ1n) is 13.9. The Morgan fingerprint density at radius 3 is 2.29 bits per heavy atom. The fourth-order valence-corrected chi connectivity index (χ4v) is 5.90. The molecule has 1 atom stereocenters. The first kappa shape index (κ1) is 31.7. The van der Waals surface area contributed by atoms with Gasteiger partial charge in [0.25, 0.3) is 21.5 Å². The fourth-order valence-electron chi connectivity index (χ4n) is 4.93. The average molecular weight is 676 g/mol. The van der Waals surface area contributed by atoms with Gasteiger partial charge in [-0.05, 0) is 48.0 Å². The van der Waals surface area contributed by atoms with Crippen LogP contribution in [0.4, 0.5) is 14.5 Å². The Morgan fingerprint density at radius 1 is 1.00 bits per heavy atom. The van der Waals surface area contributed by atoms with Crippen LogP contribution in [0, 0.1) is 11.6 Å². The lowest BCUT2D eigenvalue weighted by Crippen LogP contribution is -2.43. The maximum absolute atomic E-state index is 15.0. The molecule has 0 spiro atoms. The molecule has 0 radical (unpaired) electrons. The van der Waals surface area contributed by atoms with Gasteiger partial charge >= 0.3 is 5.97 Å². The second-order valence-electron chi connectivity index (χ2n) is 10.4. The smallest absolute Gasteiger partial charge is 0.326 e. The van der Waals surface area contributed by atoms with Crippen molar-refractivity contribution in [3.05, 3.63) is 113 Å². The maximum Gasteiger partial charge on any atom is 0.326 e. The van der Waals surface area contributed by atoms with E-state index in [9.17, 15) is 27.9 Å². The van der Waals surface area contributed by atoms with Crippen LogP contribution in [-0.4, -0.2) is 65.7 Å². The monoisotopic (exact) mass is 675 g/mol. The van der Waals surface area contributed by atoms with Gasteiger partial charge in [0.05, 0.1) is 17.7 Å². The molecule has 0 fully saturated rings. The van der Waals surface area contributed by atoms with E-state index < -0.39 is 55.9 Å². The maximum atomic E-state index is 15.0. The van der Waals surface area contributed by atoms with Crippen LogP contribution in [0.2, 0.25) is 0 Å². The quantitative estimate of drug-likeness (QED) is 0.167. The minimum Gasteiger partial charge on any atom is -0.480 e. The summed E-state index contributed by atoms with van der Waals surface area (Å²) in [6.07, 6.45) is 5.34. The highest BCUT2D eigenvalue weighted by molar-refractivity contribution is 7.92. The summed E-state index contributed by atoms with van der Waals surface area (Å²) in [6, 6.07) is 9.94. The SMILES string of the molecule is Cn1c2nc[nH]c2c(=O)n1-c1ccc(C[C@H](NC(=O)c2c(F)cc(NS(=O)(=O)c3ccc(-c4ncccn4)cn3)cc2F)C(=O)O)cc1. The van der Waals surface area contributed by atoms with Gasteiger partial charge in [0.15, 0.2) is 22.0 Å². The Hall–Kier alpha value is -6.30. The second-order valence-corrected chi connectivity index (χ2v) is 12.0. The number of carbonyl (C=O) groups is 2. The van der Waals surface area contributed by atoms with Gasteiger partial charge < -0.3 is 15.4 Å². The van der Waals surface area contributed by atoms with E-state index in [4.69, 9.17) is 0 Å². The Morgan fingerprint density at radius 2 is 1.69 bits per heavy atom. The number of nitrogens with one attached hydrogen (secondary N) is 3. The number of amides is 1. The number of carbonyl (C=O) groups excluding carboxylic acids is 1. The van der Waals surface area contributed by atoms with Crippen molar-refractivity contribution in [3.63, 3.8) is 0 Å². The number of aliphatic carboxylic acids is 1. The van der Waals surface area contributed by atoms with Crippen LogP contribution in [0.5, 0.6) is 0 Å². The number of aromatic nitrogens is 7. The van der Waals surface area contributed by atoms with Crippen LogP contribution in [0.3, 0.4) is 0 Å². The van der Waals surface area contributed by atoms with E-state index in [0.29, 0.717) is 45.9 Å². The van der Waals surface area contributed by atoms with Crippen molar-refractivity contribution in [2.75, 3.05) is 4.72 Å². The third kappa shape index (κ3) is 6.10. The van der Waals surface area contributed by atoms with Gasteiger partial charge in [-0.25, -0.2) is 38.2 Å². The number of carboxylic acid groups (broad SMARTS) is 1. The highest BCUT2D eigenvalue weighted by Crippen LogP contribution is 2.23. The molecular weight excluding hydrogens is 652 g/mol. The van der Waals surface area contributed by atoms with Gasteiger partial charge in [-0.2, -0.15) is 8.42 Å². The molecule has 4 N–H and O–H groups in total. The van der Waals surface area contributed by atoms with Crippen molar-refractivity contribution in [1.82, 2.24) is 39.6 Å². The summed E-state index contributed by atoms with van der Waals surface area (Å²) in [7, 11) is -2.77.